The summed E-state index contributed by atoms with van der Waals surface area (Å²) in [5.74, 6) is 2.24. The average Bonchev–Trinajstić information content (AvgIpc) is 2.83. The third kappa shape index (κ3) is 5.96. The molecule has 10 heteroatoms. The fraction of sp³-hybridized carbons (Fsp3) is 0.111. The van der Waals surface area contributed by atoms with Crippen molar-refractivity contribution >= 4 is 69.6 Å². The Morgan fingerprint density at radius 1 is 0.405 bits per heavy atom. The maximum atomic E-state index is 9.46. The first-order chi connectivity index (χ1) is 17.4. The van der Waals surface area contributed by atoms with Crippen molar-refractivity contribution in [2.24, 2.45) is 0 Å². The molecule has 0 amide bonds. The average molecular weight is 619 g/mol. The normalized spacial score (nSPS) is 12.3. The summed E-state index contributed by atoms with van der Waals surface area (Å²) in [5, 5.41) is 18.9. The Labute approximate surface area is 243 Å². The van der Waals surface area contributed by atoms with E-state index in [0.717, 1.165) is 0 Å². The second kappa shape index (κ2) is 10.9. The second-order valence-electron chi connectivity index (χ2n) is 7.99. The Morgan fingerprint density at radius 2 is 0.649 bits per heavy atom. The molecule has 4 aromatic rings. The third-order valence-corrected chi connectivity index (χ3v) is 7.27. The summed E-state index contributed by atoms with van der Waals surface area (Å²) < 4.78 is 7.43. The second-order valence-corrected chi connectivity index (χ2v) is 12.5. The van der Waals surface area contributed by atoms with Crippen molar-refractivity contribution in [2.75, 3.05) is 0 Å². The van der Waals surface area contributed by atoms with E-state index in [1.54, 1.807) is 72.8 Å². The minimum absolute atomic E-state index is 0.123. The number of phenolic OH excluding ortho intramolecular Hbond substituents is 2. The van der Waals surface area contributed by atoms with Gasteiger partial charge in [0, 0.05) is 0 Å². The molecule has 0 aliphatic carbocycles. The van der Waals surface area contributed by atoms with Gasteiger partial charge in [-0.05, 0) is 83.9 Å². The minimum atomic E-state index is -2.10. The van der Waals surface area contributed by atoms with Crippen molar-refractivity contribution in [3.8, 4) is 34.5 Å². The molecule has 2 N–H and O–H groups in total. The molecular formula is C27H18Cl6O4. The standard InChI is InChI=1S/C27H18Cl6O4/c28-26(29,30)25(27(31,32)33,17-1-9-21(10-2-17)36-23-13-5-19(34)6-14-23)18-3-11-22(12-4-18)37-24-15-7-20(35)8-16-24/h1-16,34-35H. The van der Waals surface area contributed by atoms with Gasteiger partial charge in [0.05, 0.1) is 0 Å². The lowest BCUT2D eigenvalue weighted by molar-refractivity contribution is 0.463. The molecule has 0 aliphatic heterocycles. The van der Waals surface area contributed by atoms with Crippen molar-refractivity contribution in [1.29, 1.82) is 0 Å². The zero-order valence-corrected chi connectivity index (χ0v) is 23.3. The topological polar surface area (TPSA) is 58.9 Å². The van der Waals surface area contributed by atoms with E-state index in [1.807, 2.05) is 0 Å². The van der Waals surface area contributed by atoms with Gasteiger partial charge in [-0.1, -0.05) is 93.9 Å². The predicted molar refractivity (Wildman–Crippen MR) is 151 cm³/mol. The Kier molecular flexibility index (Phi) is 8.20. The van der Waals surface area contributed by atoms with Crippen LogP contribution in [0, 0.1) is 0 Å². The summed E-state index contributed by atoms with van der Waals surface area (Å²) in [6, 6.07) is 25.8. The number of benzene rings is 4. The van der Waals surface area contributed by atoms with Crippen LogP contribution in [0.15, 0.2) is 97.1 Å². The molecule has 0 heterocycles. The van der Waals surface area contributed by atoms with Gasteiger partial charge >= 0.3 is 0 Å². The Bertz CT molecular complexity index is 1220. The quantitative estimate of drug-likeness (QED) is 0.211. The van der Waals surface area contributed by atoms with Gasteiger partial charge in [-0.2, -0.15) is 0 Å². The summed E-state index contributed by atoms with van der Waals surface area (Å²) in [7, 11) is 0. The highest BCUT2D eigenvalue weighted by atomic mass is 35.6. The summed E-state index contributed by atoms with van der Waals surface area (Å²) in [5.41, 5.74) is -0.903. The number of phenols is 2. The van der Waals surface area contributed by atoms with Gasteiger partial charge in [-0.15, -0.1) is 0 Å². The molecule has 0 bridgehead atoms. The molecule has 0 aliphatic rings. The molecular weight excluding hydrogens is 601 g/mol. The van der Waals surface area contributed by atoms with Gasteiger partial charge in [0.15, 0.2) is 0 Å². The minimum Gasteiger partial charge on any atom is -0.508 e. The van der Waals surface area contributed by atoms with Gasteiger partial charge in [0.25, 0.3) is 0 Å². The van der Waals surface area contributed by atoms with E-state index in [0.29, 0.717) is 34.1 Å². The van der Waals surface area contributed by atoms with E-state index < -0.39 is 13.0 Å². The SMILES string of the molecule is Oc1ccc(Oc2ccc(C(c3ccc(Oc4ccc(O)cc4)cc3)(C(Cl)(Cl)Cl)C(Cl)(Cl)Cl)cc2)cc1. The first kappa shape index (κ1) is 27.8. The van der Waals surface area contributed by atoms with Crippen LogP contribution in [0.4, 0.5) is 0 Å². The lowest BCUT2D eigenvalue weighted by Crippen LogP contribution is -2.51. The molecule has 4 nitrogen and oxygen atoms in total. The van der Waals surface area contributed by atoms with E-state index in [2.05, 4.69) is 0 Å². The molecule has 0 spiro atoms. The zero-order valence-electron chi connectivity index (χ0n) is 18.7. The maximum absolute atomic E-state index is 9.46. The van der Waals surface area contributed by atoms with Crippen LogP contribution in [0.5, 0.6) is 34.5 Å². The van der Waals surface area contributed by atoms with E-state index >= 15 is 0 Å². The molecule has 37 heavy (non-hydrogen) atoms. The van der Waals surface area contributed by atoms with Gasteiger partial charge < -0.3 is 19.7 Å². The van der Waals surface area contributed by atoms with Crippen LogP contribution in [0.25, 0.3) is 0 Å². The number of ether oxygens (including phenoxy) is 2. The number of alkyl halides is 6. The highest BCUT2D eigenvalue weighted by Gasteiger charge is 2.63. The van der Waals surface area contributed by atoms with Gasteiger partial charge in [0.1, 0.15) is 39.9 Å². The van der Waals surface area contributed by atoms with Gasteiger partial charge in [-0.25, -0.2) is 0 Å². The predicted octanol–water partition coefficient (Wildman–Crippen LogP) is 9.71. The van der Waals surface area contributed by atoms with Crippen molar-refractivity contribution < 1.29 is 19.7 Å². The fourth-order valence-corrected chi connectivity index (χ4v) is 6.42. The lowest BCUT2D eigenvalue weighted by Gasteiger charge is -2.45. The zero-order chi connectivity index (χ0) is 26.8. The molecule has 0 unspecified atom stereocenters. The van der Waals surface area contributed by atoms with Crippen LogP contribution in [0.1, 0.15) is 11.1 Å². The maximum Gasteiger partial charge on any atom is 0.208 e. The monoisotopic (exact) mass is 616 g/mol. The summed E-state index contributed by atoms with van der Waals surface area (Å²) in [6.07, 6.45) is 0. The van der Waals surface area contributed by atoms with Crippen molar-refractivity contribution in [3.05, 3.63) is 108 Å². The molecule has 0 radical (unpaired) electrons. The van der Waals surface area contributed by atoms with Crippen molar-refractivity contribution in [2.45, 2.75) is 13.0 Å². The van der Waals surface area contributed by atoms with E-state index in [4.69, 9.17) is 79.1 Å². The lowest BCUT2D eigenvalue weighted by atomic mass is 9.76. The number of hydrogen-bond acceptors (Lipinski definition) is 4. The Balaban J connectivity index is 1.71. The highest BCUT2D eigenvalue weighted by Crippen LogP contribution is 2.62. The van der Waals surface area contributed by atoms with Crippen LogP contribution in [0.3, 0.4) is 0 Å². The molecule has 4 aromatic carbocycles. The van der Waals surface area contributed by atoms with Crippen LogP contribution < -0.4 is 9.47 Å². The number of aromatic hydroxyl groups is 2. The van der Waals surface area contributed by atoms with Crippen molar-refractivity contribution in [3.63, 3.8) is 0 Å². The summed E-state index contributed by atoms with van der Waals surface area (Å²) in [6.45, 7) is 0. The summed E-state index contributed by atoms with van der Waals surface area (Å²) in [4.78, 5) is 0. The molecule has 0 fully saturated rings. The molecule has 4 rings (SSSR count). The number of rotatable bonds is 6. The van der Waals surface area contributed by atoms with E-state index in [1.165, 1.54) is 24.3 Å². The molecule has 0 saturated carbocycles. The first-order valence-corrected chi connectivity index (χ1v) is 13.0. The molecule has 0 atom stereocenters. The highest BCUT2D eigenvalue weighted by molar-refractivity contribution is 6.74. The van der Waals surface area contributed by atoms with E-state index in [9.17, 15) is 10.2 Å². The third-order valence-electron chi connectivity index (χ3n) is 5.57. The molecule has 192 valence electrons. The summed E-state index contributed by atoms with van der Waals surface area (Å²) >= 11 is 39.3. The Morgan fingerprint density at radius 3 is 0.892 bits per heavy atom. The van der Waals surface area contributed by atoms with Gasteiger partial charge in [0.2, 0.25) is 7.59 Å². The molecule has 0 aromatic heterocycles. The molecule has 0 saturated heterocycles. The first-order valence-electron chi connectivity index (χ1n) is 10.7. The van der Waals surface area contributed by atoms with Crippen LogP contribution in [-0.4, -0.2) is 17.8 Å². The fourth-order valence-electron chi connectivity index (χ4n) is 3.83. The Hall–Kier alpha value is -2.18. The van der Waals surface area contributed by atoms with Gasteiger partial charge in [-0.3, -0.25) is 0 Å². The van der Waals surface area contributed by atoms with Crippen LogP contribution in [0.2, 0.25) is 0 Å². The van der Waals surface area contributed by atoms with Crippen LogP contribution in [-0.2, 0) is 5.41 Å². The smallest absolute Gasteiger partial charge is 0.208 e. The van der Waals surface area contributed by atoms with Crippen LogP contribution >= 0.6 is 69.6 Å². The number of halogens is 6. The van der Waals surface area contributed by atoms with Crippen molar-refractivity contribution in [1.82, 2.24) is 0 Å². The largest absolute Gasteiger partial charge is 0.508 e. The van der Waals surface area contributed by atoms with E-state index in [-0.39, 0.29) is 11.5 Å². The number of hydrogen-bond donors (Lipinski definition) is 2.